The zero-order valence-corrected chi connectivity index (χ0v) is 16.7. The van der Waals surface area contributed by atoms with Gasteiger partial charge in [0, 0.05) is 17.8 Å². The second-order valence-corrected chi connectivity index (χ2v) is 8.19. The minimum absolute atomic E-state index is 0.0825. The Morgan fingerprint density at radius 2 is 1.89 bits per heavy atom. The van der Waals surface area contributed by atoms with Crippen LogP contribution in [0.2, 0.25) is 0 Å². The van der Waals surface area contributed by atoms with Crippen LogP contribution in [0, 0.1) is 17.3 Å². The zero-order valence-electron chi connectivity index (χ0n) is 16.7. The molecule has 1 aromatic rings. The van der Waals surface area contributed by atoms with Crippen LogP contribution in [0.1, 0.15) is 50.9 Å². The lowest BCUT2D eigenvalue weighted by molar-refractivity contribution is -0.125. The smallest absolute Gasteiger partial charge is 0.338 e. The molecule has 0 aromatic heterocycles. The molecular formula is C23H28O4. The van der Waals surface area contributed by atoms with Crippen molar-refractivity contribution in [1.82, 2.24) is 0 Å². The van der Waals surface area contributed by atoms with E-state index in [4.69, 9.17) is 9.47 Å². The van der Waals surface area contributed by atoms with Crippen molar-refractivity contribution in [3.8, 4) is 5.75 Å². The van der Waals surface area contributed by atoms with Crippen LogP contribution in [0.5, 0.6) is 5.75 Å². The molecule has 0 aliphatic heterocycles. The predicted octanol–water partition coefficient (Wildman–Crippen LogP) is 4.75. The van der Waals surface area contributed by atoms with Crippen molar-refractivity contribution in [2.75, 3.05) is 7.11 Å². The van der Waals surface area contributed by atoms with Gasteiger partial charge in [0.25, 0.3) is 0 Å². The number of ketones is 1. The summed E-state index contributed by atoms with van der Waals surface area (Å²) in [5.41, 5.74) is 2.21. The summed E-state index contributed by atoms with van der Waals surface area (Å²) in [4.78, 5) is 25.6. The van der Waals surface area contributed by atoms with Crippen molar-refractivity contribution < 1.29 is 19.1 Å². The molecule has 0 heterocycles. The monoisotopic (exact) mass is 368 g/mol. The Balaban J connectivity index is 1.91. The Morgan fingerprint density at radius 3 is 2.48 bits per heavy atom. The fourth-order valence-corrected chi connectivity index (χ4v) is 4.25. The molecule has 3 rings (SSSR count). The largest absolute Gasteiger partial charge is 0.497 e. The second kappa shape index (κ2) is 7.34. The van der Waals surface area contributed by atoms with Gasteiger partial charge in [0.2, 0.25) is 0 Å². The second-order valence-electron chi connectivity index (χ2n) is 8.19. The number of carbonyl (C=O) groups is 2. The summed E-state index contributed by atoms with van der Waals surface area (Å²) in [6.45, 7) is 8.24. The first-order valence-electron chi connectivity index (χ1n) is 9.53. The van der Waals surface area contributed by atoms with Gasteiger partial charge in [0.15, 0.2) is 5.78 Å². The average Bonchev–Trinajstić information content (AvgIpc) is 2.83. The fraction of sp³-hybridized carbons (Fsp3) is 0.478. The number of allylic oxidation sites excluding steroid dienone is 2. The van der Waals surface area contributed by atoms with Crippen LogP contribution in [0.25, 0.3) is 0 Å². The Labute approximate surface area is 161 Å². The highest BCUT2D eigenvalue weighted by Gasteiger charge is 2.52. The molecule has 1 aromatic carbocycles. The van der Waals surface area contributed by atoms with Crippen LogP contribution < -0.4 is 4.74 Å². The van der Waals surface area contributed by atoms with Crippen molar-refractivity contribution in [3.63, 3.8) is 0 Å². The molecule has 0 saturated carbocycles. The molecule has 4 heteroatoms. The highest BCUT2D eigenvalue weighted by atomic mass is 16.5. The quantitative estimate of drug-likeness (QED) is 0.568. The molecule has 0 bridgehead atoms. The van der Waals surface area contributed by atoms with Crippen molar-refractivity contribution in [3.05, 3.63) is 53.1 Å². The molecule has 0 saturated heterocycles. The summed E-state index contributed by atoms with van der Waals surface area (Å²) in [6.07, 6.45) is 4.91. The standard InChI is InChI=1S/C23H28O4/c1-14(2)18-13-20(24)23(4)11-10-15(3)12-19(21(18)23)27-22(25)16-6-8-17(26-5)9-7-16/h6-10,13-14,19,21H,11-12H2,1-5H3/t19-,21+,23-/m0/s1. The molecule has 0 unspecified atom stereocenters. The van der Waals surface area contributed by atoms with Gasteiger partial charge in [-0.05, 0) is 49.6 Å². The molecule has 4 nitrogen and oxygen atoms in total. The summed E-state index contributed by atoms with van der Waals surface area (Å²) in [7, 11) is 1.59. The minimum Gasteiger partial charge on any atom is -0.497 e. The number of hydrogen-bond acceptors (Lipinski definition) is 4. The van der Waals surface area contributed by atoms with Gasteiger partial charge in [-0.2, -0.15) is 0 Å². The topological polar surface area (TPSA) is 52.6 Å². The average molecular weight is 368 g/mol. The maximum atomic E-state index is 12.8. The van der Waals surface area contributed by atoms with E-state index in [1.165, 1.54) is 0 Å². The van der Waals surface area contributed by atoms with Gasteiger partial charge in [-0.3, -0.25) is 4.79 Å². The van der Waals surface area contributed by atoms with Gasteiger partial charge in [-0.25, -0.2) is 4.79 Å². The van der Waals surface area contributed by atoms with Gasteiger partial charge < -0.3 is 9.47 Å². The first-order chi connectivity index (χ1) is 12.8. The Hall–Kier alpha value is -2.36. The molecule has 2 aliphatic rings. The van der Waals surface area contributed by atoms with Crippen molar-refractivity contribution in [2.45, 2.75) is 46.6 Å². The third kappa shape index (κ3) is 3.58. The molecule has 144 valence electrons. The number of fused-ring (bicyclic) bond motifs is 1. The van der Waals surface area contributed by atoms with E-state index in [-0.39, 0.29) is 29.7 Å². The van der Waals surface area contributed by atoms with E-state index in [0.717, 1.165) is 11.1 Å². The van der Waals surface area contributed by atoms with Crippen LogP contribution in [-0.4, -0.2) is 25.0 Å². The third-order valence-corrected chi connectivity index (χ3v) is 5.93. The van der Waals surface area contributed by atoms with Crippen molar-refractivity contribution >= 4 is 11.8 Å². The highest BCUT2D eigenvalue weighted by molar-refractivity contribution is 5.99. The molecular weight excluding hydrogens is 340 g/mol. The van der Waals surface area contributed by atoms with E-state index in [0.29, 0.717) is 24.2 Å². The van der Waals surface area contributed by atoms with E-state index in [1.807, 2.05) is 13.8 Å². The number of hydrogen-bond donors (Lipinski definition) is 0. The van der Waals surface area contributed by atoms with E-state index in [1.54, 1.807) is 37.5 Å². The van der Waals surface area contributed by atoms with E-state index in [9.17, 15) is 9.59 Å². The summed E-state index contributed by atoms with van der Waals surface area (Å²) < 4.78 is 11.1. The molecule has 0 radical (unpaired) electrons. The summed E-state index contributed by atoms with van der Waals surface area (Å²) in [5.74, 6) is 0.635. The molecule has 2 aliphatic carbocycles. The summed E-state index contributed by atoms with van der Waals surface area (Å²) in [5, 5.41) is 0. The molecule has 0 N–H and O–H groups in total. The number of benzene rings is 1. The maximum Gasteiger partial charge on any atom is 0.338 e. The van der Waals surface area contributed by atoms with Crippen LogP contribution in [0.15, 0.2) is 47.6 Å². The lowest BCUT2D eigenvalue weighted by Gasteiger charge is -2.36. The van der Waals surface area contributed by atoms with Crippen LogP contribution in [0.3, 0.4) is 0 Å². The number of rotatable bonds is 4. The number of esters is 1. The Morgan fingerprint density at radius 1 is 1.22 bits per heavy atom. The van der Waals surface area contributed by atoms with Gasteiger partial charge in [0.1, 0.15) is 11.9 Å². The first-order valence-corrected chi connectivity index (χ1v) is 9.53. The van der Waals surface area contributed by atoms with Gasteiger partial charge in [0.05, 0.1) is 12.7 Å². The molecule has 0 fully saturated rings. The van der Waals surface area contributed by atoms with Crippen LogP contribution in [0.4, 0.5) is 0 Å². The van der Waals surface area contributed by atoms with Crippen LogP contribution in [-0.2, 0) is 9.53 Å². The van der Waals surface area contributed by atoms with Crippen LogP contribution >= 0.6 is 0 Å². The predicted molar refractivity (Wildman–Crippen MR) is 105 cm³/mol. The molecule has 0 amide bonds. The molecule has 3 atom stereocenters. The molecule has 27 heavy (non-hydrogen) atoms. The summed E-state index contributed by atoms with van der Waals surface area (Å²) >= 11 is 0. The number of ether oxygens (including phenoxy) is 2. The van der Waals surface area contributed by atoms with Crippen molar-refractivity contribution in [2.24, 2.45) is 17.3 Å². The summed E-state index contributed by atoms with van der Waals surface area (Å²) in [6, 6.07) is 6.91. The normalized spacial score (nSPS) is 27.6. The molecule has 0 spiro atoms. The fourth-order valence-electron chi connectivity index (χ4n) is 4.25. The lowest BCUT2D eigenvalue weighted by atomic mass is 9.70. The Kier molecular flexibility index (Phi) is 5.27. The minimum atomic E-state index is -0.539. The van der Waals surface area contributed by atoms with Crippen molar-refractivity contribution in [1.29, 1.82) is 0 Å². The van der Waals surface area contributed by atoms with Gasteiger partial charge in [-0.1, -0.05) is 38.0 Å². The SMILES string of the molecule is COc1ccc(C(=O)O[C@H]2CC(C)=CC[C@@]3(C)C(=O)C=C(C(C)C)[C@H]23)cc1. The number of methoxy groups -OCH3 is 1. The van der Waals surface area contributed by atoms with E-state index < -0.39 is 5.41 Å². The highest BCUT2D eigenvalue weighted by Crippen LogP contribution is 2.51. The Bertz CT molecular complexity index is 800. The van der Waals surface area contributed by atoms with Gasteiger partial charge >= 0.3 is 5.97 Å². The number of carbonyl (C=O) groups excluding carboxylic acids is 2. The van der Waals surface area contributed by atoms with E-state index in [2.05, 4.69) is 19.9 Å². The van der Waals surface area contributed by atoms with E-state index >= 15 is 0 Å². The maximum absolute atomic E-state index is 12.8. The lowest BCUT2D eigenvalue weighted by Crippen LogP contribution is -2.40. The van der Waals surface area contributed by atoms with Gasteiger partial charge in [-0.15, -0.1) is 0 Å². The first kappa shape index (κ1) is 19.4. The zero-order chi connectivity index (χ0) is 19.8. The third-order valence-electron chi connectivity index (χ3n) is 5.93.